The smallest absolute Gasteiger partial charge is 0.122 e. The Kier molecular flexibility index (Phi) is 2.94. The predicted molar refractivity (Wildman–Crippen MR) is 76.0 cm³/mol. The number of ether oxygens (including phenoxy) is 2. The summed E-state index contributed by atoms with van der Waals surface area (Å²) in [4.78, 5) is 0. The van der Waals surface area contributed by atoms with E-state index in [0.29, 0.717) is 0 Å². The van der Waals surface area contributed by atoms with Gasteiger partial charge in [0.2, 0.25) is 0 Å². The molecule has 3 rings (SSSR count). The average Bonchev–Trinajstić information content (AvgIpc) is 3.28. The third-order valence-corrected chi connectivity index (χ3v) is 4.00. The third-order valence-electron chi connectivity index (χ3n) is 4.00. The zero-order chi connectivity index (χ0) is 13.3. The van der Waals surface area contributed by atoms with Crippen LogP contribution in [-0.2, 0) is 5.41 Å². The van der Waals surface area contributed by atoms with Crippen LogP contribution in [0.15, 0.2) is 48.5 Å². The SMILES string of the molecule is COc1ccccc1C1(c2ccccc2OC)CC1. The van der Waals surface area contributed by atoms with E-state index in [-0.39, 0.29) is 5.41 Å². The zero-order valence-corrected chi connectivity index (χ0v) is 11.3. The zero-order valence-electron chi connectivity index (χ0n) is 11.3. The van der Waals surface area contributed by atoms with Crippen LogP contribution >= 0.6 is 0 Å². The number of hydrogen-bond acceptors (Lipinski definition) is 2. The summed E-state index contributed by atoms with van der Waals surface area (Å²) >= 11 is 0. The average molecular weight is 254 g/mol. The molecule has 0 amide bonds. The fourth-order valence-corrected chi connectivity index (χ4v) is 2.89. The topological polar surface area (TPSA) is 18.5 Å². The van der Waals surface area contributed by atoms with Gasteiger partial charge in [0.1, 0.15) is 11.5 Å². The molecule has 0 saturated heterocycles. The number of para-hydroxylation sites is 2. The molecule has 0 unspecified atom stereocenters. The summed E-state index contributed by atoms with van der Waals surface area (Å²) in [5.41, 5.74) is 2.60. The lowest BCUT2D eigenvalue weighted by molar-refractivity contribution is 0.398. The van der Waals surface area contributed by atoms with Crippen molar-refractivity contribution in [2.24, 2.45) is 0 Å². The van der Waals surface area contributed by atoms with Crippen molar-refractivity contribution < 1.29 is 9.47 Å². The molecule has 0 spiro atoms. The van der Waals surface area contributed by atoms with Crippen LogP contribution in [0.3, 0.4) is 0 Å². The maximum Gasteiger partial charge on any atom is 0.122 e. The van der Waals surface area contributed by atoms with Gasteiger partial charge in [-0.2, -0.15) is 0 Å². The Bertz CT molecular complexity index is 536. The minimum atomic E-state index is 0.0687. The molecule has 2 aromatic rings. The van der Waals surface area contributed by atoms with Crippen LogP contribution in [0.4, 0.5) is 0 Å². The molecule has 1 aliphatic rings. The normalized spacial score (nSPS) is 15.9. The number of hydrogen-bond donors (Lipinski definition) is 0. The molecule has 19 heavy (non-hydrogen) atoms. The molecular formula is C17H18O2. The van der Waals surface area contributed by atoms with Crippen molar-refractivity contribution in [3.05, 3.63) is 59.7 Å². The van der Waals surface area contributed by atoms with E-state index < -0.39 is 0 Å². The fraction of sp³-hybridized carbons (Fsp3) is 0.294. The lowest BCUT2D eigenvalue weighted by atomic mass is 9.87. The van der Waals surface area contributed by atoms with E-state index in [4.69, 9.17) is 9.47 Å². The molecule has 1 saturated carbocycles. The van der Waals surface area contributed by atoms with E-state index in [1.54, 1.807) is 14.2 Å². The summed E-state index contributed by atoms with van der Waals surface area (Å²) in [5.74, 6) is 1.93. The van der Waals surface area contributed by atoms with Crippen LogP contribution in [-0.4, -0.2) is 14.2 Å². The first-order chi connectivity index (χ1) is 9.31. The summed E-state index contributed by atoms with van der Waals surface area (Å²) in [5, 5.41) is 0. The van der Waals surface area contributed by atoms with Crippen molar-refractivity contribution >= 4 is 0 Å². The highest BCUT2D eigenvalue weighted by Crippen LogP contribution is 2.57. The summed E-state index contributed by atoms with van der Waals surface area (Å²) in [6.45, 7) is 0. The van der Waals surface area contributed by atoms with E-state index >= 15 is 0 Å². The summed E-state index contributed by atoms with van der Waals surface area (Å²) in [6.07, 6.45) is 2.29. The van der Waals surface area contributed by atoms with Crippen LogP contribution < -0.4 is 9.47 Å². The van der Waals surface area contributed by atoms with E-state index in [2.05, 4.69) is 24.3 Å². The van der Waals surface area contributed by atoms with Crippen molar-refractivity contribution in [3.8, 4) is 11.5 Å². The van der Waals surface area contributed by atoms with Gasteiger partial charge in [-0.3, -0.25) is 0 Å². The van der Waals surface area contributed by atoms with Crippen LogP contribution in [0.1, 0.15) is 24.0 Å². The number of benzene rings is 2. The van der Waals surface area contributed by atoms with Gasteiger partial charge in [-0.15, -0.1) is 0 Å². The van der Waals surface area contributed by atoms with Gasteiger partial charge < -0.3 is 9.47 Å². The molecule has 0 bridgehead atoms. The molecule has 2 nitrogen and oxygen atoms in total. The molecule has 0 aliphatic heterocycles. The largest absolute Gasteiger partial charge is 0.496 e. The van der Waals surface area contributed by atoms with Gasteiger partial charge in [0.15, 0.2) is 0 Å². The van der Waals surface area contributed by atoms with Gasteiger partial charge in [0.05, 0.1) is 14.2 Å². The monoisotopic (exact) mass is 254 g/mol. The highest BCUT2D eigenvalue weighted by atomic mass is 16.5. The Labute approximate surface area is 114 Å². The number of methoxy groups -OCH3 is 2. The van der Waals surface area contributed by atoms with Crippen LogP contribution in [0.5, 0.6) is 11.5 Å². The molecule has 0 aromatic heterocycles. The second-order valence-electron chi connectivity index (χ2n) is 4.98. The second kappa shape index (κ2) is 4.61. The summed E-state index contributed by atoms with van der Waals surface area (Å²) < 4.78 is 11.1. The highest BCUT2D eigenvalue weighted by molar-refractivity contribution is 5.55. The van der Waals surface area contributed by atoms with Crippen molar-refractivity contribution in [2.75, 3.05) is 14.2 Å². The van der Waals surface area contributed by atoms with Crippen LogP contribution in [0.25, 0.3) is 0 Å². The lowest BCUT2D eigenvalue weighted by Crippen LogP contribution is -2.11. The molecule has 2 aromatic carbocycles. The summed E-state index contributed by atoms with van der Waals surface area (Å²) in [7, 11) is 3.47. The Morgan fingerprint density at radius 2 is 1.16 bits per heavy atom. The molecule has 0 heterocycles. The fourth-order valence-electron chi connectivity index (χ4n) is 2.89. The van der Waals surface area contributed by atoms with Crippen molar-refractivity contribution in [1.29, 1.82) is 0 Å². The van der Waals surface area contributed by atoms with Gasteiger partial charge in [0, 0.05) is 16.5 Å². The van der Waals surface area contributed by atoms with Gasteiger partial charge in [-0.05, 0) is 25.0 Å². The van der Waals surface area contributed by atoms with Gasteiger partial charge in [0.25, 0.3) is 0 Å². The van der Waals surface area contributed by atoms with Crippen molar-refractivity contribution in [1.82, 2.24) is 0 Å². The molecule has 0 radical (unpaired) electrons. The van der Waals surface area contributed by atoms with Crippen LogP contribution in [0, 0.1) is 0 Å². The second-order valence-corrected chi connectivity index (χ2v) is 4.98. The van der Waals surface area contributed by atoms with Gasteiger partial charge >= 0.3 is 0 Å². The van der Waals surface area contributed by atoms with Crippen molar-refractivity contribution in [3.63, 3.8) is 0 Å². The third kappa shape index (κ3) is 1.88. The van der Waals surface area contributed by atoms with Gasteiger partial charge in [-0.25, -0.2) is 0 Å². The van der Waals surface area contributed by atoms with Crippen LogP contribution in [0.2, 0.25) is 0 Å². The first kappa shape index (κ1) is 12.1. The molecule has 2 heteroatoms. The first-order valence-electron chi connectivity index (χ1n) is 6.59. The Morgan fingerprint density at radius 3 is 1.53 bits per heavy atom. The van der Waals surface area contributed by atoms with Gasteiger partial charge in [-0.1, -0.05) is 36.4 Å². The highest BCUT2D eigenvalue weighted by Gasteiger charge is 2.49. The predicted octanol–water partition coefficient (Wildman–Crippen LogP) is 3.78. The Balaban J connectivity index is 2.13. The van der Waals surface area contributed by atoms with Crippen molar-refractivity contribution in [2.45, 2.75) is 18.3 Å². The number of rotatable bonds is 4. The van der Waals surface area contributed by atoms with E-state index in [1.165, 1.54) is 11.1 Å². The molecule has 1 aliphatic carbocycles. The lowest BCUT2D eigenvalue weighted by Gasteiger charge is -2.21. The maximum absolute atomic E-state index is 5.53. The quantitative estimate of drug-likeness (QED) is 0.826. The molecular weight excluding hydrogens is 236 g/mol. The first-order valence-corrected chi connectivity index (χ1v) is 6.59. The Hall–Kier alpha value is -1.96. The van der Waals surface area contributed by atoms with E-state index in [9.17, 15) is 0 Å². The molecule has 1 fully saturated rings. The Morgan fingerprint density at radius 1 is 0.737 bits per heavy atom. The molecule has 0 atom stereocenters. The molecule has 0 N–H and O–H groups in total. The standard InChI is InChI=1S/C17H18O2/c1-18-15-9-5-3-7-13(15)17(11-12-17)14-8-4-6-10-16(14)19-2/h3-10H,11-12H2,1-2H3. The molecule has 98 valence electrons. The van der Waals surface area contributed by atoms with E-state index in [1.807, 2.05) is 24.3 Å². The maximum atomic E-state index is 5.53. The minimum Gasteiger partial charge on any atom is -0.496 e. The van der Waals surface area contributed by atoms with E-state index in [0.717, 1.165) is 24.3 Å². The summed E-state index contributed by atoms with van der Waals surface area (Å²) in [6, 6.07) is 16.6. The minimum absolute atomic E-state index is 0.0687.